The van der Waals surface area contributed by atoms with Crippen LogP contribution in [0, 0.1) is 10.1 Å². The number of rotatable bonds is 2. The molecule has 1 saturated heterocycles. The number of hydrogen-bond donors (Lipinski definition) is 1. The Kier molecular flexibility index (Phi) is 2.79. The first-order valence-electron chi connectivity index (χ1n) is 6.13. The fourth-order valence-corrected chi connectivity index (χ4v) is 2.53. The molecule has 6 heteroatoms. The summed E-state index contributed by atoms with van der Waals surface area (Å²) in [6, 6.07) is 3.62. The molecule has 1 aromatic rings. The first-order chi connectivity index (χ1) is 8.75. The van der Waals surface area contributed by atoms with Gasteiger partial charge in [-0.3, -0.25) is 10.1 Å². The van der Waals surface area contributed by atoms with E-state index in [-0.39, 0.29) is 10.6 Å². The second-order valence-electron chi connectivity index (χ2n) is 4.53. The van der Waals surface area contributed by atoms with Gasteiger partial charge in [0.15, 0.2) is 0 Å². The highest BCUT2D eigenvalue weighted by Gasteiger charge is 2.25. The van der Waals surface area contributed by atoms with Crippen molar-refractivity contribution in [3.63, 3.8) is 0 Å². The average Bonchev–Trinajstić information content (AvgIpc) is 2.85. The molecule has 3 rings (SSSR count). The van der Waals surface area contributed by atoms with E-state index in [0.717, 1.165) is 24.2 Å². The zero-order valence-corrected chi connectivity index (χ0v) is 10.0. The third-order valence-corrected chi connectivity index (χ3v) is 3.46. The molecule has 1 N–H and O–H groups in total. The van der Waals surface area contributed by atoms with Crippen molar-refractivity contribution in [3.05, 3.63) is 27.8 Å². The number of nitro groups is 1. The predicted octanol–water partition coefficient (Wildman–Crippen LogP) is 1.40. The maximum Gasteiger partial charge on any atom is 0.292 e. The normalized spacial score (nSPS) is 18.3. The monoisotopic (exact) mass is 249 g/mol. The first kappa shape index (κ1) is 11.3. The van der Waals surface area contributed by atoms with Gasteiger partial charge in [0, 0.05) is 31.4 Å². The third-order valence-electron chi connectivity index (χ3n) is 3.46. The predicted molar refractivity (Wildman–Crippen MR) is 68.3 cm³/mol. The van der Waals surface area contributed by atoms with Crippen LogP contribution in [0.5, 0.6) is 0 Å². The molecule has 2 aliphatic heterocycles. The largest absolute Gasteiger partial charge is 0.384 e. The number of nitrogens with one attached hydrogen (secondary N) is 1. The van der Waals surface area contributed by atoms with Crippen LogP contribution in [0.1, 0.15) is 5.56 Å². The summed E-state index contributed by atoms with van der Waals surface area (Å²) in [5.41, 5.74) is 2.98. The summed E-state index contributed by atoms with van der Waals surface area (Å²) in [5, 5.41) is 14.5. The Hall–Kier alpha value is -1.82. The molecule has 0 unspecified atom stereocenters. The standard InChI is InChI=1S/C12H15N3O3/c16-15(17)12-7-9-1-2-13-10(9)8-11(12)14-3-5-18-6-4-14/h7-8,13H,1-6H2. The summed E-state index contributed by atoms with van der Waals surface area (Å²) in [7, 11) is 0. The van der Waals surface area contributed by atoms with Crippen molar-refractivity contribution in [2.45, 2.75) is 6.42 Å². The SMILES string of the molecule is O=[N+]([O-])c1cc2c(cc1N1CCOCC1)NCC2. The second-order valence-corrected chi connectivity index (χ2v) is 4.53. The fourth-order valence-electron chi connectivity index (χ4n) is 2.53. The molecule has 6 nitrogen and oxygen atoms in total. The molecular weight excluding hydrogens is 234 g/mol. The minimum absolute atomic E-state index is 0.208. The molecule has 0 saturated carbocycles. The van der Waals surface area contributed by atoms with E-state index in [0.29, 0.717) is 32.0 Å². The van der Waals surface area contributed by atoms with E-state index in [1.807, 2.05) is 11.0 Å². The molecule has 18 heavy (non-hydrogen) atoms. The molecule has 1 aromatic carbocycles. The minimum atomic E-state index is -0.288. The first-order valence-corrected chi connectivity index (χ1v) is 6.13. The Morgan fingerprint density at radius 3 is 2.83 bits per heavy atom. The molecule has 0 amide bonds. The van der Waals surface area contributed by atoms with Gasteiger partial charge < -0.3 is 15.0 Å². The van der Waals surface area contributed by atoms with Gasteiger partial charge in [-0.2, -0.15) is 0 Å². The number of benzene rings is 1. The molecule has 2 heterocycles. The Labute approximate surface area is 105 Å². The molecule has 1 fully saturated rings. The van der Waals surface area contributed by atoms with Crippen molar-refractivity contribution in [1.82, 2.24) is 0 Å². The summed E-state index contributed by atoms with van der Waals surface area (Å²) in [4.78, 5) is 12.9. The Balaban J connectivity index is 2.02. The van der Waals surface area contributed by atoms with Gasteiger partial charge in [-0.1, -0.05) is 0 Å². The van der Waals surface area contributed by atoms with Gasteiger partial charge in [-0.05, 0) is 18.1 Å². The van der Waals surface area contributed by atoms with Gasteiger partial charge in [0.1, 0.15) is 5.69 Å². The topological polar surface area (TPSA) is 67.6 Å². The molecule has 96 valence electrons. The molecule has 0 aromatic heterocycles. The van der Waals surface area contributed by atoms with Crippen LogP contribution in [0.4, 0.5) is 17.1 Å². The van der Waals surface area contributed by atoms with Crippen molar-refractivity contribution >= 4 is 17.1 Å². The van der Waals surface area contributed by atoms with Gasteiger partial charge in [-0.15, -0.1) is 0 Å². The van der Waals surface area contributed by atoms with Gasteiger partial charge in [0.25, 0.3) is 5.69 Å². The lowest BCUT2D eigenvalue weighted by Crippen LogP contribution is -2.36. The Morgan fingerprint density at radius 1 is 1.33 bits per heavy atom. The van der Waals surface area contributed by atoms with E-state index in [4.69, 9.17) is 4.74 Å². The quantitative estimate of drug-likeness (QED) is 0.634. The summed E-state index contributed by atoms with van der Waals surface area (Å²) in [5.74, 6) is 0. The highest BCUT2D eigenvalue weighted by Crippen LogP contribution is 2.36. The van der Waals surface area contributed by atoms with E-state index < -0.39 is 0 Å². The maximum absolute atomic E-state index is 11.2. The molecule has 0 radical (unpaired) electrons. The fraction of sp³-hybridized carbons (Fsp3) is 0.500. The summed E-state index contributed by atoms with van der Waals surface area (Å²) < 4.78 is 5.29. The van der Waals surface area contributed by atoms with E-state index in [9.17, 15) is 10.1 Å². The summed E-state index contributed by atoms with van der Waals surface area (Å²) in [6.45, 7) is 3.53. The average molecular weight is 249 g/mol. The van der Waals surface area contributed by atoms with Crippen molar-refractivity contribution in [3.8, 4) is 0 Å². The van der Waals surface area contributed by atoms with Crippen LogP contribution in [-0.2, 0) is 11.2 Å². The van der Waals surface area contributed by atoms with Crippen LogP contribution in [0.15, 0.2) is 12.1 Å². The molecule has 2 aliphatic rings. The van der Waals surface area contributed by atoms with E-state index in [2.05, 4.69) is 5.32 Å². The van der Waals surface area contributed by atoms with Gasteiger partial charge >= 0.3 is 0 Å². The molecular formula is C12H15N3O3. The van der Waals surface area contributed by atoms with E-state index in [1.54, 1.807) is 6.07 Å². The number of anilines is 2. The molecule has 0 atom stereocenters. The minimum Gasteiger partial charge on any atom is -0.384 e. The number of ether oxygens (including phenoxy) is 1. The number of nitro benzene ring substituents is 1. The third kappa shape index (κ3) is 1.88. The second kappa shape index (κ2) is 4.45. The summed E-state index contributed by atoms with van der Waals surface area (Å²) >= 11 is 0. The van der Waals surface area contributed by atoms with Crippen LogP contribution >= 0.6 is 0 Å². The lowest BCUT2D eigenvalue weighted by Gasteiger charge is -2.28. The van der Waals surface area contributed by atoms with Crippen molar-refractivity contribution in [2.75, 3.05) is 43.1 Å². The highest BCUT2D eigenvalue weighted by atomic mass is 16.6. The lowest BCUT2D eigenvalue weighted by atomic mass is 10.1. The van der Waals surface area contributed by atoms with Crippen LogP contribution in [-0.4, -0.2) is 37.8 Å². The number of morpholine rings is 1. The van der Waals surface area contributed by atoms with Crippen LogP contribution < -0.4 is 10.2 Å². The smallest absolute Gasteiger partial charge is 0.292 e. The van der Waals surface area contributed by atoms with Crippen molar-refractivity contribution in [2.24, 2.45) is 0 Å². The van der Waals surface area contributed by atoms with Crippen molar-refractivity contribution < 1.29 is 9.66 Å². The van der Waals surface area contributed by atoms with Crippen LogP contribution in [0.25, 0.3) is 0 Å². The Morgan fingerprint density at radius 2 is 2.11 bits per heavy atom. The summed E-state index contributed by atoms with van der Waals surface area (Å²) in [6.07, 6.45) is 0.861. The van der Waals surface area contributed by atoms with Crippen LogP contribution in [0.3, 0.4) is 0 Å². The number of hydrogen-bond acceptors (Lipinski definition) is 5. The van der Waals surface area contributed by atoms with Gasteiger partial charge in [-0.25, -0.2) is 0 Å². The number of nitrogens with zero attached hydrogens (tertiary/aromatic N) is 2. The van der Waals surface area contributed by atoms with Crippen molar-refractivity contribution in [1.29, 1.82) is 0 Å². The molecule has 0 spiro atoms. The molecule has 0 bridgehead atoms. The van der Waals surface area contributed by atoms with Crippen LogP contribution in [0.2, 0.25) is 0 Å². The van der Waals surface area contributed by atoms with Gasteiger partial charge in [0.2, 0.25) is 0 Å². The Bertz CT molecular complexity index is 484. The highest BCUT2D eigenvalue weighted by molar-refractivity contribution is 5.74. The van der Waals surface area contributed by atoms with E-state index in [1.165, 1.54) is 0 Å². The number of fused-ring (bicyclic) bond motifs is 1. The van der Waals surface area contributed by atoms with Gasteiger partial charge in [0.05, 0.1) is 18.1 Å². The zero-order valence-electron chi connectivity index (χ0n) is 10.0. The zero-order chi connectivity index (χ0) is 12.5. The maximum atomic E-state index is 11.2. The molecule has 0 aliphatic carbocycles. The lowest BCUT2D eigenvalue weighted by molar-refractivity contribution is -0.384. The van der Waals surface area contributed by atoms with E-state index >= 15 is 0 Å².